The summed E-state index contributed by atoms with van der Waals surface area (Å²) in [4.78, 5) is 0. The van der Waals surface area contributed by atoms with Crippen molar-refractivity contribution in [2.75, 3.05) is 12.4 Å². The summed E-state index contributed by atoms with van der Waals surface area (Å²) in [5, 5.41) is 10.4. The predicted molar refractivity (Wildman–Crippen MR) is 57.4 cm³/mol. The van der Waals surface area contributed by atoms with Crippen molar-refractivity contribution in [1.29, 1.82) is 0 Å². The van der Waals surface area contributed by atoms with E-state index >= 15 is 0 Å². The van der Waals surface area contributed by atoms with Gasteiger partial charge in [-0.25, -0.2) is 0 Å². The lowest BCUT2D eigenvalue weighted by Crippen LogP contribution is -1.84. The maximum Gasteiger partial charge on any atom is 0.0431 e. The summed E-state index contributed by atoms with van der Waals surface area (Å²) >= 11 is 1.80. The lowest BCUT2D eigenvalue weighted by Gasteiger charge is -1.98. The van der Waals surface area contributed by atoms with E-state index in [4.69, 9.17) is 5.11 Å². The van der Waals surface area contributed by atoms with Gasteiger partial charge in [0.2, 0.25) is 0 Å². The topological polar surface area (TPSA) is 20.2 Å². The number of unbranched alkanes of at least 4 members (excludes halogenated alkanes) is 5. The first-order valence-electron chi connectivity index (χ1n) is 4.75. The molecule has 0 fully saturated rings. The largest absolute Gasteiger partial charge is 0.396 e. The average molecular weight is 188 g/mol. The van der Waals surface area contributed by atoms with Gasteiger partial charge in [-0.15, -0.1) is 11.8 Å². The van der Waals surface area contributed by atoms with Crippen molar-refractivity contribution >= 4 is 11.8 Å². The molecule has 0 aliphatic heterocycles. The summed E-state index contributed by atoms with van der Waals surface area (Å²) in [6.45, 7) is 4.01. The Balaban J connectivity index is 2.77. The van der Waals surface area contributed by atoms with E-state index < -0.39 is 0 Å². The van der Waals surface area contributed by atoms with Crippen LogP contribution in [0, 0.1) is 0 Å². The standard InChI is InChI=1S/C10H20OS/c1-2-12-10-8-6-4-3-5-7-9-11/h2,11H,1,3-10H2. The Labute approximate surface area is 80.3 Å². The second-order valence-corrected chi connectivity index (χ2v) is 3.96. The van der Waals surface area contributed by atoms with Crippen LogP contribution in [0.1, 0.15) is 38.5 Å². The Hall–Kier alpha value is 0.0500. The molecule has 12 heavy (non-hydrogen) atoms. The van der Waals surface area contributed by atoms with Crippen LogP contribution in [0.25, 0.3) is 0 Å². The van der Waals surface area contributed by atoms with Gasteiger partial charge in [0.25, 0.3) is 0 Å². The molecule has 0 aliphatic rings. The lowest BCUT2D eigenvalue weighted by atomic mass is 10.1. The fourth-order valence-electron chi connectivity index (χ4n) is 1.09. The molecule has 0 heterocycles. The van der Waals surface area contributed by atoms with Crippen LogP contribution in [0.2, 0.25) is 0 Å². The smallest absolute Gasteiger partial charge is 0.0431 e. The molecule has 0 amide bonds. The van der Waals surface area contributed by atoms with Gasteiger partial charge in [-0.3, -0.25) is 0 Å². The van der Waals surface area contributed by atoms with Gasteiger partial charge in [0, 0.05) is 6.61 Å². The molecule has 0 rings (SSSR count). The van der Waals surface area contributed by atoms with E-state index in [0.29, 0.717) is 6.61 Å². The Morgan fingerprint density at radius 1 is 1.00 bits per heavy atom. The van der Waals surface area contributed by atoms with Crippen LogP contribution in [-0.4, -0.2) is 17.5 Å². The monoisotopic (exact) mass is 188 g/mol. The molecule has 0 unspecified atom stereocenters. The van der Waals surface area contributed by atoms with Crippen LogP contribution < -0.4 is 0 Å². The van der Waals surface area contributed by atoms with Crippen molar-refractivity contribution < 1.29 is 5.11 Å². The van der Waals surface area contributed by atoms with Gasteiger partial charge in [-0.05, 0) is 24.0 Å². The molecule has 0 aromatic rings. The van der Waals surface area contributed by atoms with Crippen LogP contribution in [0.5, 0.6) is 0 Å². The third kappa shape index (κ3) is 10.0. The van der Waals surface area contributed by atoms with E-state index in [2.05, 4.69) is 6.58 Å². The van der Waals surface area contributed by atoms with Crippen LogP contribution in [0.15, 0.2) is 12.0 Å². The fourth-order valence-corrected chi connectivity index (χ4v) is 1.63. The minimum absolute atomic E-state index is 0.353. The molecule has 1 nitrogen and oxygen atoms in total. The number of rotatable bonds is 9. The number of aliphatic hydroxyl groups excluding tert-OH is 1. The zero-order valence-corrected chi connectivity index (χ0v) is 8.61. The molecular weight excluding hydrogens is 168 g/mol. The quantitative estimate of drug-likeness (QED) is 0.561. The van der Waals surface area contributed by atoms with E-state index in [-0.39, 0.29) is 0 Å². The van der Waals surface area contributed by atoms with Crippen molar-refractivity contribution in [3.63, 3.8) is 0 Å². The first-order chi connectivity index (χ1) is 5.91. The molecule has 1 N–H and O–H groups in total. The van der Waals surface area contributed by atoms with Crippen molar-refractivity contribution in [3.05, 3.63) is 12.0 Å². The molecule has 0 atom stereocenters. The highest BCUT2D eigenvalue weighted by molar-refractivity contribution is 8.02. The van der Waals surface area contributed by atoms with E-state index in [0.717, 1.165) is 6.42 Å². The average Bonchev–Trinajstić information content (AvgIpc) is 2.10. The number of thioether (sulfide) groups is 1. The summed E-state index contributed by atoms with van der Waals surface area (Å²) in [7, 11) is 0. The SMILES string of the molecule is C=CSCCCCCCCCO. The van der Waals surface area contributed by atoms with Crippen molar-refractivity contribution in [1.82, 2.24) is 0 Å². The fraction of sp³-hybridized carbons (Fsp3) is 0.800. The maximum absolute atomic E-state index is 8.52. The first-order valence-corrected chi connectivity index (χ1v) is 5.80. The number of hydrogen-bond donors (Lipinski definition) is 1. The summed E-state index contributed by atoms with van der Waals surface area (Å²) in [6.07, 6.45) is 7.38. The van der Waals surface area contributed by atoms with E-state index in [9.17, 15) is 0 Å². The third-order valence-corrected chi connectivity index (χ3v) is 2.55. The van der Waals surface area contributed by atoms with Crippen LogP contribution >= 0.6 is 11.8 Å². The highest BCUT2D eigenvalue weighted by Crippen LogP contribution is 2.09. The number of hydrogen-bond acceptors (Lipinski definition) is 2. The predicted octanol–water partition coefficient (Wildman–Crippen LogP) is 3.20. The molecule has 0 bridgehead atoms. The minimum atomic E-state index is 0.353. The Kier molecular flexibility index (Phi) is 11.1. The Bertz CT molecular complexity index is 93.8. The summed E-state index contributed by atoms with van der Waals surface area (Å²) < 4.78 is 0. The van der Waals surface area contributed by atoms with E-state index in [1.165, 1.54) is 37.9 Å². The van der Waals surface area contributed by atoms with Crippen molar-refractivity contribution in [2.45, 2.75) is 38.5 Å². The van der Waals surface area contributed by atoms with E-state index in [1.807, 2.05) is 5.41 Å². The Morgan fingerprint density at radius 3 is 2.17 bits per heavy atom. The van der Waals surface area contributed by atoms with Gasteiger partial charge in [-0.1, -0.05) is 32.3 Å². The Morgan fingerprint density at radius 2 is 1.58 bits per heavy atom. The summed E-state index contributed by atoms with van der Waals surface area (Å²) in [5.74, 6) is 1.21. The normalized spacial score (nSPS) is 10.1. The van der Waals surface area contributed by atoms with Crippen LogP contribution in [0.4, 0.5) is 0 Å². The molecular formula is C10H20OS. The van der Waals surface area contributed by atoms with Crippen LogP contribution in [-0.2, 0) is 0 Å². The van der Waals surface area contributed by atoms with Crippen molar-refractivity contribution in [2.24, 2.45) is 0 Å². The van der Waals surface area contributed by atoms with E-state index in [1.54, 1.807) is 11.8 Å². The number of aliphatic hydroxyl groups is 1. The van der Waals surface area contributed by atoms with Crippen molar-refractivity contribution in [3.8, 4) is 0 Å². The molecule has 72 valence electrons. The zero-order valence-electron chi connectivity index (χ0n) is 7.80. The highest BCUT2D eigenvalue weighted by Gasteiger charge is 1.89. The lowest BCUT2D eigenvalue weighted by molar-refractivity contribution is 0.282. The first kappa shape index (κ1) is 12.0. The van der Waals surface area contributed by atoms with Gasteiger partial charge >= 0.3 is 0 Å². The zero-order chi connectivity index (χ0) is 9.07. The molecule has 2 heteroatoms. The molecule has 0 radical (unpaired) electrons. The molecule has 0 aliphatic carbocycles. The van der Waals surface area contributed by atoms with Gasteiger partial charge < -0.3 is 5.11 Å². The second-order valence-electron chi connectivity index (χ2n) is 2.88. The molecule has 0 aromatic heterocycles. The van der Waals surface area contributed by atoms with Gasteiger partial charge in [0.15, 0.2) is 0 Å². The van der Waals surface area contributed by atoms with Gasteiger partial charge in [-0.2, -0.15) is 0 Å². The highest BCUT2D eigenvalue weighted by atomic mass is 32.2. The summed E-state index contributed by atoms with van der Waals surface area (Å²) in [6, 6.07) is 0. The van der Waals surface area contributed by atoms with Crippen LogP contribution in [0.3, 0.4) is 0 Å². The molecule has 0 spiro atoms. The minimum Gasteiger partial charge on any atom is -0.396 e. The third-order valence-electron chi connectivity index (χ3n) is 1.79. The maximum atomic E-state index is 8.52. The summed E-state index contributed by atoms with van der Waals surface area (Å²) in [5.41, 5.74) is 0. The second kappa shape index (κ2) is 11.1. The molecule has 0 saturated carbocycles. The van der Waals surface area contributed by atoms with Gasteiger partial charge in [0.1, 0.15) is 0 Å². The molecule has 0 aromatic carbocycles. The van der Waals surface area contributed by atoms with Gasteiger partial charge in [0.05, 0.1) is 0 Å². The molecule has 0 saturated heterocycles.